The number of methoxy groups -OCH3 is 2. The van der Waals surface area contributed by atoms with Gasteiger partial charge in [-0.3, -0.25) is 9.59 Å². The molecule has 3 aliphatic rings. The van der Waals surface area contributed by atoms with Crippen molar-refractivity contribution >= 4 is 35.0 Å². The number of fused-ring (bicyclic) bond motifs is 3. The van der Waals surface area contributed by atoms with Gasteiger partial charge >= 0.3 is 12.2 Å². The fraction of sp³-hybridized carbons (Fsp3) is 0.422. The fourth-order valence-corrected chi connectivity index (χ4v) is 8.69. The van der Waals surface area contributed by atoms with Gasteiger partial charge < -0.3 is 44.6 Å². The number of carbonyl (C=O) groups is 4. The van der Waals surface area contributed by atoms with E-state index in [1.807, 2.05) is 50.8 Å². The molecule has 4 N–H and O–H groups in total. The molecule has 2 fully saturated rings. The Morgan fingerprint density at radius 2 is 1.32 bits per heavy atom. The van der Waals surface area contributed by atoms with Gasteiger partial charge in [-0.05, 0) is 90.1 Å². The third-order valence-corrected chi connectivity index (χ3v) is 12.0. The van der Waals surface area contributed by atoms with Gasteiger partial charge in [-0.25, -0.2) is 19.6 Å². The van der Waals surface area contributed by atoms with Crippen LogP contribution in [-0.4, -0.2) is 93.1 Å². The van der Waals surface area contributed by atoms with E-state index >= 15 is 0 Å². The first-order valence-electron chi connectivity index (χ1n) is 20.7. The minimum atomic E-state index is -0.700. The van der Waals surface area contributed by atoms with Gasteiger partial charge in [-0.1, -0.05) is 52.0 Å². The molecule has 15 heteroatoms. The summed E-state index contributed by atoms with van der Waals surface area (Å²) in [4.78, 5) is 71.5. The van der Waals surface area contributed by atoms with Gasteiger partial charge in [0.05, 0.1) is 49.2 Å². The van der Waals surface area contributed by atoms with Crippen LogP contribution < -0.4 is 15.4 Å². The highest BCUT2D eigenvalue weighted by molar-refractivity contribution is 5.88. The number of H-pyrrole nitrogens is 2. The van der Waals surface area contributed by atoms with E-state index in [1.54, 1.807) is 11.1 Å². The summed E-state index contributed by atoms with van der Waals surface area (Å²) in [6.45, 7) is 8.78. The van der Waals surface area contributed by atoms with Crippen molar-refractivity contribution in [2.75, 3.05) is 27.3 Å². The lowest BCUT2D eigenvalue weighted by molar-refractivity contribution is -0.136. The van der Waals surface area contributed by atoms with Crippen molar-refractivity contribution in [1.82, 2.24) is 40.4 Å². The van der Waals surface area contributed by atoms with Gasteiger partial charge in [0, 0.05) is 25.1 Å². The van der Waals surface area contributed by atoms with E-state index in [-0.39, 0.29) is 35.7 Å². The SMILES string of the molecule is COC(=O)NC(C(=O)N1CCC[C@H]1c1ncc(-c2ccc3c(c2)Oc2ccc(-c4ccc5nc([C@@H]6CCCN6C(=O)[C@@H](NC(=O)OC)C(C)C)[nH]c5c4)cc2C3)[nH]1)C(C)C. The number of ether oxygens (including phenoxy) is 3. The Morgan fingerprint density at radius 1 is 0.717 bits per heavy atom. The van der Waals surface area contributed by atoms with Crippen LogP contribution in [0.15, 0.2) is 60.8 Å². The predicted molar refractivity (Wildman–Crippen MR) is 224 cm³/mol. The Kier molecular flexibility index (Phi) is 11.2. The van der Waals surface area contributed by atoms with E-state index in [4.69, 9.17) is 24.2 Å². The molecule has 4 atom stereocenters. The molecule has 4 amide bonds. The number of likely N-dealkylation sites (tertiary alicyclic amines) is 2. The maximum absolute atomic E-state index is 13.7. The highest BCUT2D eigenvalue weighted by Crippen LogP contribution is 2.41. The molecule has 1 unspecified atom stereocenters. The standard InChI is InChI=1S/C45H52N8O7/c1-24(2)38(50-44(56)58-5)42(54)52-17-7-9-34(52)40-46-23-33(49-40)28-11-12-29-20-30-19-26(14-16-36(30)60-37(29)22-28)27-13-15-31-32(21-27)48-41(47-31)35-10-8-18-53(35)43(55)39(25(3)4)51-45(57)59-6/h11-16,19,21-25,34-35,38-39H,7-10,17-18,20H2,1-6H3,(H,46,49)(H,47,48)(H,50,56)(H,51,57)/t34-,35-,38?,39-/m0/s1. The van der Waals surface area contributed by atoms with Crippen LogP contribution in [-0.2, 0) is 25.5 Å². The number of imidazole rings is 2. The van der Waals surface area contributed by atoms with Crippen molar-refractivity contribution in [1.29, 1.82) is 0 Å². The van der Waals surface area contributed by atoms with Crippen molar-refractivity contribution < 1.29 is 33.4 Å². The molecule has 5 aromatic rings. The third-order valence-electron chi connectivity index (χ3n) is 12.0. The summed E-state index contributed by atoms with van der Waals surface area (Å²) < 4.78 is 16.0. The van der Waals surface area contributed by atoms with Crippen molar-refractivity contribution in [3.8, 4) is 33.9 Å². The number of benzene rings is 3. The summed E-state index contributed by atoms with van der Waals surface area (Å²) in [5, 5.41) is 5.41. The molecule has 314 valence electrons. The second kappa shape index (κ2) is 16.7. The van der Waals surface area contributed by atoms with Crippen LogP contribution in [0, 0.1) is 11.8 Å². The number of rotatable bonds is 10. The summed E-state index contributed by atoms with van der Waals surface area (Å²) in [6.07, 6.45) is 4.46. The molecule has 3 aliphatic heterocycles. The second-order valence-electron chi connectivity index (χ2n) is 16.6. The van der Waals surface area contributed by atoms with Crippen LogP contribution >= 0.6 is 0 Å². The van der Waals surface area contributed by atoms with Gasteiger partial charge in [0.2, 0.25) is 11.8 Å². The topological polar surface area (TPSA) is 184 Å². The molecule has 2 saturated heterocycles. The molecule has 0 aliphatic carbocycles. The predicted octanol–water partition coefficient (Wildman–Crippen LogP) is 7.40. The summed E-state index contributed by atoms with van der Waals surface area (Å²) >= 11 is 0. The summed E-state index contributed by atoms with van der Waals surface area (Å²) in [6, 6.07) is 16.7. The molecular weight excluding hydrogens is 765 g/mol. The normalized spacial score (nSPS) is 18.2. The van der Waals surface area contributed by atoms with Crippen LogP contribution in [0.3, 0.4) is 0 Å². The third kappa shape index (κ3) is 7.87. The zero-order chi connectivity index (χ0) is 42.2. The number of nitrogens with one attached hydrogen (secondary N) is 4. The Labute approximate surface area is 348 Å². The first-order chi connectivity index (χ1) is 28.9. The zero-order valence-electron chi connectivity index (χ0n) is 34.8. The van der Waals surface area contributed by atoms with Gasteiger partial charge in [0.25, 0.3) is 0 Å². The first kappa shape index (κ1) is 40.4. The molecule has 5 heterocycles. The first-order valence-corrected chi connectivity index (χ1v) is 20.7. The molecule has 60 heavy (non-hydrogen) atoms. The van der Waals surface area contributed by atoms with E-state index in [0.717, 1.165) is 87.6 Å². The number of aromatic nitrogens is 4. The van der Waals surface area contributed by atoms with E-state index in [0.29, 0.717) is 25.3 Å². The summed E-state index contributed by atoms with van der Waals surface area (Å²) in [5.74, 6) is 2.50. The molecular formula is C45H52N8O7. The lowest BCUT2D eigenvalue weighted by Gasteiger charge is -2.30. The second-order valence-corrected chi connectivity index (χ2v) is 16.6. The Bertz CT molecular complexity index is 2440. The van der Waals surface area contributed by atoms with Crippen LogP contribution in [0.25, 0.3) is 33.4 Å². The van der Waals surface area contributed by atoms with Gasteiger partial charge in [0.15, 0.2) is 0 Å². The van der Waals surface area contributed by atoms with E-state index < -0.39 is 24.3 Å². The average molecular weight is 817 g/mol. The van der Waals surface area contributed by atoms with Crippen molar-refractivity contribution in [2.24, 2.45) is 11.8 Å². The number of hydrogen-bond donors (Lipinski definition) is 4. The molecule has 3 aromatic carbocycles. The van der Waals surface area contributed by atoms with Gasteiger partial charge in [-0.2, -0.15) is 0 Å². The van der Waals surface area contributed by atoms with E-state index in [1.165, 1.54) is 14.2 Å². The average Bonchev–Trinajstić information content (AvgIpc) is 4.09. The minimum absolute atomic E-state index is 0.113. The van der Waals surface area contributed by atoms with Crippen molar-refractivity contribution in [3.63, 3.8) is 0 Å². The van der Waals surface area contributed by atoms with Crippen LogP contribution in [0.5, 0.6) is 11.5 Å². The van der Waals surface area contributed by atoms with Crippen LogP contribution in [0.2, 0.25) is 0 Å². The lowest BCUT2D eigenvalue weighted by atomic mass is 9.95. The van der Waals surface area contributed by atoms with Crippen molar-refractivity contribution in [3.05, 3.63) is 83.6 Å². The van der Waals surface area contributed by atoms with E-state index in [2.05, 4.69) is 57.0 Å². The number of nitrogens with zero attached hydrogens (tertiary/aromatic N) is 4. The van der Waals surface area contributed by atoms with Gasteiger partial charge in [0.1, 0.15) is 35.2 Å². The van der Waals surface area contributed by atoms with Crippen molar-refractivity contribution in [2.45, 2.75) is 84.0 Å². The minimum Gasteiger partial charge on any atom is -0.457 e. The van der Waals surface area contributed by atoms with Crippen LogP contribution in [0.4, 0.5) is 9.59 Å². The number of carbonyl (C=O) groups excluding carboxylic acids is 4. The maximum Gasteiger partial charge on any atom is 0.407 e. The number of aromatic amines is 2. The number of hydrogen-bond acceptors (Lipinski definition) is 9. The van der Waals surface area contributed by atoms with Crippen LogP contribution in [0.1, 0.15) is 88.2 Å². The molecule has 0 spiro atoms. The Hall–Kier alpha value is -6.38. The molecule has 0 saturated carbocycles. The smallest absolute Gasteiger partial charge is 0.407 e. The monoisotopic (exact) mass is 816 g/mol. The summed E-state index contributed by atoms with van der Waals surface area (Å²) in [5.41, 5.74) is 7.67. The number of alkyl carbamates (subject to hydrolysis) is 2. The summed E-state index contributed by atoms with van der Waals surface area (Å²) in [7, 11) is 2.58. The molecule has 15 nitrogen and oxygen atoms in total. The van der Waals surface area contributed by atoms with E-state index in [9.17, 15) is 19.2 Å². The Balaban J connectivity index is 0.961. The Morgan fingerprint density at radius 3 is 1.95 bits per heavy atom. The molecule has 2 aromatic heterocycles. The molecule has 0 bridgehead atoms. The highest BCUT2D eigenvalue weighted by Gasteiger charge is 2.39. The maximum atomic E-state index is 13.7. The lowest BCUT2D eigenvalue weighted by Crippen LogP contribution is -2.51. The zero-order valence-corrected chi connectivity index (χ0v) is 34.8. The fourth-order valence-electron chi connectivity index (χ4n) is 8.69. The molecule has 0 radical (unpaired) electrons. The molecule has 8 rings (SSSR count). The largest absolute Gasteiger partial charge is 0.457 e. The quantitative estimate of drug-likeness (QED) is 0.109. The number of amides is 4. The highest BCUT2D eigenvalue weighted by atomic mass is 16.5. The van der Waals surface area contributed by atoms with Gasteiger partial charge in [-0.15, -0.1) is 0 Å².